The van der Waals surface area contributed by atoms with E-state index >= 15 is 0 Å². The Hall–Kier alpha value is -2.37. The molecule has 7 heteroatoms. The van der Waals surface area contributed by atoms with Gasteiger partial charge in [-0.3, -0.25) is 4.79 Å². The highest BCUT2D eigenvalue weighted by Crippen LogP contribution is 2.30. The molecule has 1 heterocycles. The third-order valence-corrected chi connectivity index (χ3v) is 3.49. The number of hydrogen-bond acceptors (Lipinski definition) is 5. The molecule has 0 aliphatic heterocycles. The molecule has 1 amide bonds. The molecule has 6 nitrogen and oxygen atoms in total. The van der Waals surface area contributed by atoms with E-state index in [2.05, 4.69) is 20.1 Å². The van der Waals surface area contributed by atoms with Crippen LogP contribution in [0.3, 0.4) is 0 Å². The average molecular weight is 289 g/mol. The van der Waals surface area contributed by atoms with Crippen LogP contribution in [0.1, 0.15) is 15.2 Å². The van der Waals surface area contributed by atoms with E-state index in [1.165, 1.54) is 18.4 Å². The highest BCUT2D eigenvalue weighted by molar-refractivity contribution is 7.12. The second kappa shape index (κ2) is 6.18. The molecular formula is C13H13N4O2S+. The van der Waals surface area contributed by atoms with Gasteiger partial charge in [0.1, 0.15) is 22.8 Å². The zero-order valence-corrected chi connectivity index (χ0v) is 12.1. The number of ether oxygens (including phenoxy) is 1. The lowest BCUT2D eigenvalue weighted by molar-refractivity contribution is 0.0997. The molecule has 0 bridgehead atoms. The number of aryl methyl sites for hydroxylation is 1. The number of rotatable bonds is 3. The molecule has 20 heavy (non-hydrogen) atoms. The van der Waals surface area contributed by atoms with Crippen molar-refractivity contribution in [2.24, 2.45) is 10.2 Å². The van der Waals surface area contributed by atoms with Crippen molar-refractivity contribution in [2.45, 2.75) is 6.92 Å². The van der Waals surface area contributed by atoms with E-state index in [0.717, 1.165) is 16.9 Å². The topological polar surface area (TPSA) is 78.0 Å². The standard InChI is InChI=1S/C13H13N4O2S/c1-8-6-9(19-3)4-5-10(8)11-12(20-7-15-11)13(18)16-17-14-2/h4-7H,1-3H3/q+1. The third kappa shape index (κ3) is 2.79. The first-order chi connectivity index (χ1) is 9.67. The van der Waals surface area contributed by atoms with E-state index in [0.29, 0.717) is 10.6 Å². The minimum atomic E-state index is -0.441. The molecule has 1 aromatic carbocycles. The fraction of sp³-hybridized carbons (Fsp3) is 0.231. The Morgan fingerprint density at radius 2 is 2.25 bits per heavy atom. The lowest BCUT2D eigenvalue weighted by Crippen LogP contribution is -1.96. The molecule has 0 saturated heterocycles. The van der Waals surface area contributed by atoms with Crippen LogP contribution in [0, 0.1) is 6.92 Å². The molecule has 102 valence electrons. The molecule has 0 radical (unpaired) electrons. The second-order valence-electron chi connectivity index (χ2n) is 3.91. The van der Waals surface area contributed by atoms with E-state index in [1.807, 2.05) is 25.1 Å². The number of thiazole rings is 1. The van der Waals surface area contributed by atoms with Crippen molar-refractivity contribution < 1.29 is 9.53 Å². The lowest BCUT2D eigenvalue weighted by atomic mass is 10.0. The normalized spacial score (nSPS) is 9.75. The molecule has 0 saturated carbocycles. The van der Waals surface area contributed by atoms with Crippen LogP contribution in [-0.2, 0) is 0 Å². The smallest absolute Gasteiger partial charge is 0.372 e. The maximum Gasteiger partial charge on any atom is 0.372 e. The molecule has 2 aromatic rings. The van der Waals surface area contributed by atoms with Crippen LogP contribution < -0.4 is 9.65 Å². The maximum absolute atomic E-state index is 11.9. The van der Waals surface area contributed by atoms with Crippen LogP contribution in [0.4, 0.5) is 0 Å². The number of carbonyl (C=O) groups is 1. The lowest BCUT2D eigenvalue weighted by Gasteiger charge is -2.06. The van der Waals surface area contributed by atoms with E-state index in [1.54, 1.807) is 12.6 Å². The molecule has 0 spiro atoms. The Morgan fingerprint density at radius 3 is 2.90 bits per heavy atom. The minimum Gasteiger partial charge on any atom is -0.497 e. The predicted molar refractivity (Wildman–Crippen MR) is 76.1 cm³/mol. The van der Waals surface area contributed by atoms with Gasteiger partial charge in [-0.2, -0.15) is 0 Å². The van der Waals surface area contributed by atoms with E-state index in [-0.39, 0.29) is 0 Å². The second-order valence-corrected chi connectivity index (χ2v) is 4.76. The van der Waals surface area contributed by atoms with Gasteiger partial charge in [0.2, 0.25) is 10.0 Å². The summed E-state index contributed by atoms with van der Waals surface area (Å²) in [7, 11) is 3.07. The summed E-state index contributed by atoms with van der Waals surface area (Å²) in [5.74, 6) is 0.321. The van der Waals surface area contributed by atoms with Crippen molar-refractivity contribution in [1.29, 1.82) is 0 Å². The molecule has 2 rings (SSSR count). The maximum atomic E-state index is 11.9. The Morgan fingerprint density at radius 1 is 1.45 bits per heavy atom. The summed E-state index contributed by atoms with van der Waals surface area (Å²) in [5.41, 5.74) is 4.07. The zero-order valence-electron chi connectivity index (χ0n) is 11.3. The quantitative estimate of drug-likeness (QED) is 0.643. The average Bonchev–Trinajstić information content (AvgIpc) is 2.93. The number of benzene rings is 1. The molecule has 0 atom stereocenters. The minimum absolute atomic E-state index is 0.441. The van der Waals surface area contributed by atoms with Gasteiger partial charge < -0.3 is 4.74 Å². The summed E-state index contributed by atoms with van der Waals surface area (Å²) in [6, 6.07) is 5.60. The van der Waals surface area contributed by atoms with Crippen molar-refractivity contribution >= 4 is 17.2 Å². The summed E-state index contributed by atoms with van der Waals surface area (Å²) in [4.78, 5) is 20.0. The number of hydrogen-bond donors (Lipinski definition) is 0. The molecule has 0 unspecified atom stereocenters. The number of nitrogens with zero attached hydrogens (tertiary/aromatic N) is 4. The van der Waals surface area contributed by atoms with Crippen molar-refractivity contribution in [3.63, 3.8) is 0 Å². The first-order valence-corrected chi connectivity index (χ1v) is 6.68. The van der Waals surface area contributed by atoms with E-state index in [4.69, 9.17) is 4.74 Å². The highest BCUT2D eigenvalue weighted by atomic mass is 32.1. The summed E-state index contributed by atoms with van der Waals surface area (Å²) in [6.07, 6.45) is 0. The largest absolute Gasteiger partial charge is 0.497 e. The Balaban J connectivity index is 2.47. The van der Waals surface area contributed by atoms with Gasteiger partial charge in [-0.1, -0.05) is 0 Å². The Bertz CT molecular complexity index is 702. The zero-order chi connectivity index (χ0) is 14.5. The summed E-state index contributed by atoms with van der Waals surface area (Å²) in [6.45, 7) is 1.94. The molecular weight excluding hydrogens is 276 g/mol. The monoisotopic (exact) mass is 289 g/mol. The van der Waals surface area contributed by atoms with Crippen LogP contribution in [-0.4, -0.2) is 25.0 Å². The van der Waals surface area contributed by atoms with Crippen molar-refractivity contribution in [1.82, 2.24) is 9.90 Å². The van der Waals surface area contributed by atoms with E-state index < -0.39 is 5.91 Å². The molecule has 0 aliphatic rings. The summed E-state index contributed by atoms with van der Waals surface area (Å²) in [5, 5.41) is 6.93. The molecule has 0 N–H and O–H groups in total. The van der Waals surface area contributed by atoms with Gasteiger partial charge in [0.05, 0.1) is 18.3 Å². The van der Waals surface area contributed by atoms with Gasteiger partial charge in [-0.25, -0.2) is 4.98 Å². The van der Waals surface area contributed by atoms with Gasteiger partial charge in [0, 0.05) is 5.56 Å². The summed E-state index contributed by atoms with van der Waals surface area (Å²) < 4.78 is 5.17. The number of carbonyl (C=O) groups excluding carboxylic acids is 1. The third-order valence-electron chi connectivity index (χ3n) is 2.68. The van der Waals surface area contributed by atoms with Crippen molar-refractivity contribution in [3.8, 4) is 17.0 Å². The summed E-state index contributed by atoms with van der Waals surface area (Å²) >= 11 is 1.23. The fourth-order valence-electron chi connectivity index (χ4n) is 1.75. The molecule has 1 aromatic heterocycles. The number of aromatic nitrogens is 1. The van der Waals surface area contributed by atoms with Crippen LogP contribution in [0.2, 0.25) is 0 Å². The van der Waals surface area contributed by atoms with Crippen LogP contribution >= 0.6 is 11.3 Å². The van der Waals surface area contributed by atoms with E-state index in [9.17, 15) is 4.79 Å². The van der Waals surface area contributed by atoms with Crippen molar-refractivity contribution in [3.05, 3.63) is 34.2 Å². The van der Waals surface area contributed by atoms with Gasteiger partial charge in [-0.15, -0.1) is 11.3 Å². The highest BCUT2D eigenvalue weighted by Gasteiger charge is 2.20. The van der Waals surface area contributed by atoms with Crippen LogP contribution in [0.15, 0.2) is 33.9 Å². The van der Waals surface area contributed by atoms with Gasteiger partial charge >= 0.3 is 5.91 Å². The van der Waals surface area contributed by atoms with Crippen LogP contribution in [0.5, 0.6) is 5.75 Å². The number of amides is 1. The van der Waals surface area contributed by atoms with Gasteiger partial charge in [0.15, 0.2) is 0 Å². The first kappa shape index (κ1) is 14.0. The molecule has 0 fully saturated rings. The molecule has 0 aliphatic carbocycles. The SMILES string of the molecule is CN=[N+]=NC(=O)c1scnc1-c1ccc(OC)cc1C. The van der Waals surface area contributed by atoms with Crippen LogP contribution in [0.25, 0.3) is 11.3 Å². The fourth-order valence-corrected chi connectivity index (χ4v) is 2.43. The van der Waals surface area contributed by atoms with Gasteiger partial charge in [0.25, 0.3) is 0 Å². The van der Waals surface area contributed by atoms with Gasteiger partial charge in [-0.05, 0) is 30.7 Å². The Labute approximate surface area is 119 Å². The Kier molecular flexibility index (Phi) is 4.34. The van der Waals surface area contributed by atoms with Crippen molar-refractivity contribution in [2.75, 3.05) is 14.2 Å². The number of methoxy groups -OCH3 is 1. The first-order valence-electron chi connectivity index (χ1n) is 5.80. The predicted octanol–water partition coefficient (Wildman–Crippen LogP) is 2.87.